The largest absolute Gasteiger partial charge is 0.264 e. The van der Waals surface area contributed by atoms with Crippen molar-refractivity contribution < 1.29 is 4.11 Å². The van der Waals surface area contributed by atoms with Crippen LogP contribution >= 0.6 is 0 Å². The van der Waals surface area contributed by atoms with Crippen LogP contribution in [0.25, 0.3) is 10.8 Å². The monoisotopic (exact) mass is 132 g/mol. The third-order valence-electron chi connectivity index (χ3n) is 1.35. The van der Waals surface area contributed by atoms with Crippen molar-refractivity contribution in [3.8, 4) is 0 Å². The molecule has 0 aliphatic heterocycles. The summed E-state index contributed by atoms with van der Waals surface area (Å²) in [6.45, 7) is 0. The lowest BCUT2D eigenvalue weighted by atomic mass is 10.2. The Morgan fingerprint density at radius 3 is 2.90 bits per heavy atom. The zero-order valence-electron chi connectivity index (χ0n) is 8.26. The van der Waals surface area contributed by atoms with E-state index in [2.05, 4.69) is 4.98 Å². The van der Waals surface area contributed by atoms with E-state index in [4.69, 9.17) is 4.11 Å². The predicted molar refractivity (Wildman–Crippen MR) is 41.7 cm³/mol. The van der Waals surface area contributed by atoms with Gasteiger partial charge in [-0.1, -0.05) is 24.3 Å². The van der Waals surface area contributed by atoms with Gasteiger partial charge < -0.3 is 0 Å². The van der Waals surface area contributed by atoms with Crippen molar-refractivity contribution in [2.45, 2.75) is 0 Å². The SMILES string of the molecule is [2H]c1nc([2H])c2ccccc2c1[2H]. The Morgan fingerprint density at radius 2 is 2.00 bits per heavy atom. The van der Waals surface area contributed by atoms with Crippen molar-refractivity contribution in [3.05, 3.63) is 42.7 Å². The summed E-state index contributed by atoms with van der Waals surface area (Å²) in [7, 11) is 0. The van der Waals surface area contributed by atoms with Crippen LogP contribution in [0, 0.1) is 0 Å². The molecule has 0 aliphatic rings. The lowest BCUT2D eigenvalue weighted by molar-refractivity contribution is 1.36. The molecule has 0 saturated heterocycles. The Kier molecular flexibility index (Phi) is 0.662. The molecule has 0 saturated carbocycles. The zero-order chi connectivity index (χ0) is 9.42. The molecule has 0 atom stereocenters. The molecule has 0 radical (unpaired) electrons. The number of hydrogen-bond donors (Lipinski definition) is 0. The van der Waals surface area contributed by atoms with Crippen LogP contribution in [0.4, 0.5) is 0 Å². The van der Waals surface area contributed by atoms with Gasteiger partial charge in [0.25, 0.3) is 0 Å². The molecule has 1 heteroatoms. The molecule has 2 rings (SSSR count). The Hall–Kier alpha value is -1.37. The normalized spacial score (nSPS) is 14.2. The van der Waals surface area contributed by atoms with Crippen molar-refractivity contribution in [3.63, 3.8) is 0 Å². The van der Waals surface area contributed by atoms with Crippen LogP contribution in [0.5, 0.6) is 0 Å². The quantitative estimate of drug-likeness (QED) is 0.535. The summed E-state index contributed by atoms with van der Waals surface area (Å²) in [6.07, 6.45) is -0.0692. The third kappa shape index (κ3) is 0.760. The second-order valence-electron chi connectivity index (χ2n) is 2.01. The summed E-state index contributed by atoms with van der Waals surface area (Å²) < 4.78 is 22.4. The smallest absolute Gasteiger partial charge is 0.0847 e. The number of pyridine rings is 1. The second-order valence-corrected chi connectivity index (χ2v) is 2.01. The first-order chi connectivity index (χ1) is 6.20. The van der Waals surface area contributed by atoms with Crippen molar-refractivity contribution in [2.24, 2.45) is 0 Å². The topological polar surface area (TPSA) is 12.9 Å². The van der Waals surface area contributed by atoms with Gasteiger partial charge in [0, 0.05) is 12.3 Å². The van der Waals surface area contributed by atoms with E-state index in [0.29, 0.717) is 10.8 Å². The van der Waals surface area contributed by atoms with Gasteiger partial charge in [-0.05, 0) is 16.8 Å². The van der Waals surface area contributed by atoms with Crippen molar-refractivity contribution in [1.82, 2.24) is 4.98 Å². The van der Waals surface area contributed by atoms with E-state index in [0.717, 1.165) is 0 Å². The van der Waals surface area contributed by atoms with Gasteiger partial charge in [-0.25, -0.2) is 0 Å². The standard InChI is InChI=1S/C9H7N/c1-2-4-9-7-10-6-5-8(9)3-1/h1-7H/i5D,6D,7D. The van der Waals surface area contributed by atoms with Crippen molar-refractivity contribution >= 4 is 10.8 Å². The molecule has 48 valence electrons. The minimum absolute atomic E-state index is 0.0663. The highest BCUT2D eigenvalue weighted by atomic mass is 14.6. The number of fused-ring (bicyclic) bond motifs is 1. The van der Waals surface area contributed by atoms with Gasteiger partial charge in [0.15, 0.2) is 0 Å². The number of aromatic nitrogens is 1. The highest BCUT2D eigenvalue weighted by molar-refractivity contribution is 5.80. The van der Waals surface area contributed by atoms with Gasteiger partial charge in [0.05, 0.1) is 4.11 Å². The van der Waals surface area contributed by atoms with E-state index >= 15 is 0 Å². The average molecular weight is 132 g/mol. The lowest BCUT2D eigenvalue weighted by Crippen LogP contribution is -1.71. The maximum absolute atomic E-state index is 7.55. The molecule has 0 bridgehead atoms. The van der Waals surface area contributed by atoms with Crippen molar-refractivity contribution in [1.29, 1.82) is 0 Å². The summed E-state index contributed by atoms with van der Waals surface area (Å²) in [5.74, 6) is 0. The minimum atomic E-state index is -0.135. The third-order valence-corrected chi connectivity index (χ3v) is 1.35. The Balaban J connectivity index is 2.97. The molecule has 0 unspecified atom stereocenters. The molecule has 0 spiro atoms. The maximum Gasteiger partial charge on any atom is 0.0847 e. The van der Waals surface area contributed by atoms with E-state index in [-0.39, 0.29) is 18.4 Å². The Labute approximate surface area is 63.5 Å². The second kappa shape index (κ2) is 2.10. The summed E-state index contributed by atoms with van der Waals surface area (Å²) in [4.78, 5) is 3.65. The number of nitrogens with zero attached hydrogens (tertiary/aromatic N) is 1. The molecule has 10 heavy (non-hydrogen) atoms. The van der Waals surface area contributed by atoms with E-state index in [1.165, 1.54) is 0 Å². The predicted octanol–water partition coefficient (Wildman–Crippen LogP) is 2.23. The summed E-state index contributed by atoms with van der Waals surface area (Å²) in [6, 6.07) is 7.15. The summed E-state index contributed by atoms with van der Waals surface area (Å²) in [5, 5.41) is 1.25. The summed E-state index contributed by atoms with van der Waals surface area (Å²) in [5.41, 5.74) is 0. The van der Waals surface area contributed by atoms with Crippen LogP contribution in [-0.2, 0) is 0 Å². The molecule has 1 aromatic carbocycles. The van der Waals surface area contributed by atoms with E-state index in [9.17, 15) is 0 Å². The molecule has 2 aromatic rings. The van der Waals surface area contributed by atoms with Gasteiger partial charge in [-0.15, -0.1) is 0 Å². The highest BCUT2D eigenvalue weighted by Crippen LogP contribution is 2.09. The van der Waals surface area contributed by atoms with Gasteiger partial charge in [-0.2, -0.15) is 0 Å². The van der Waals surface area contributed by atoms with Crippen LogP contribution in [0.1, 0.15) is 4.11 Å². The molecule has 1 aromatic heterocycles. The van der Waals surface area contributed by atoms with Gasteiger partial charge in [0.2, 0.25) is 0 Å². The highest BCUT2D eigenvalue weighted by Gasteiger charge is 1.86. The number of benzene rings is 1. The zero-order valence-corrected chi connectivity index (χ0v) is 5.26. The fraction of sp³-hybridized carbons (Fsp3) is 0. The lowest BCUT2D eigenvalue weighted by Gasteiger charge is -1.91. The summed E-state index contributed by atoms with van der Waals surface area (Å²) >= 11 is 0. The first-order valence-corrected chi connectivity index (χ1v) is 3.02. The molecule has 0 aliphatic carbocycles. The van der Waals surface area contributed by atoms with Gasteiger partial charge in [0.1, 0.15) is 0 Å². The Bertz CT molecular complexity index is 468. The molecule has 0 N–H and O–H groups in total. The molecular formula is C9H7N. The van der Waals surface area contributed by atoms with Gasteiger partial charge >= 0.3 is 0 Å². The maximum atomic E-state index is 7.55. The molecule has 0 fully saturated rings. The number of hydrogen-bond acceptors (Lipinski definition) is 1. The molecule has 0 amide bonds. The van der Waals surface area contributed by atoms with Crippen LogP contribution in [0.2, 0.25) is 0 Å². The van der Waals surface area contributed by atoms with E-state index in [1.807, 2.05) is 0 Å². The Morgan fingerprint density at radius 1 is 1.20 bits per heavy atom. The molecule has 1 nitrogen and oxygen atoms in total. The molecule has 1 heterocycles. The van der Waals surface area contributed by atoms with Crippen molar-refractivity contribution in [2.75, 3.05) is 0 Å². The fourth-order valence-electron chi connectivity index (χ4n) is 0.866. The minimum Gasteiger partial charge on any atom is -0.264 e. The number of rotatable bonds is 0. The van der Waals surface area contributed by atoms with Gasteiger partial charge in [-0.3, -0.25) is 4.98 Å². The molecular weight excluding hydrogens is 122 g/mol. The van der Waals surface area contributed by atoms with Crippen LogP contribution in [0.15, 0.2) is 42.7 Å². The van der Waals surface area contributed by atoms with Crippen LogP contribution in [-0.4, -0.2) is 4.98 Å². The van der Waals surface area contributed by atoms with Crippen LogP contribution in [0.3, 0.4) is 0 Å². The first-order valence-electron chi connectivity index (χ1n) is 4.52. The first kappa shape index (κ1) is 3.15. The fourth-order valence-corrected chi connectivity index (χ4v) is 0.866. The average Bonchev–Trinajstić information content (AvgIpc) is 2.15. The van der Waals surface area contributed by atoms with Crippen LogP contribution < -0.4 is 0 Å². The van der Waals surface area contributed by atoms with E-state index in [1.54, 1.807) is 24.3 Å². The van der Waals surface area contributed by atoms with E-state index < -0.39 is 0 Å².